The summed E-state index contributed by atoms with van der Waals surface area (Å²) in [5.74, 6) is -0.326. The zero-order chi connectivity index (χ0) is 16.8. The van der Waals surface area contributed by atoms with Crippen LogP contribution in [0.4, 0.5) is 0 Å². The largest absolute Gasteiger partial charge is 0.462 e. The third-order valence-electron chi connectivity index (χ3n) is 3.32. The van der Waals surface area contributed by atoms with Crippen molar-refractivity contribution >= 4 is 14.3 Å². The summed E-state index contributed by atoms with van der Waals surface area (Å²) < 4.78 is 16.6. The van der Waals surface area contributed by atoms with E-state index < -0.39 is 8.32 Å². The molecule has 0 fully saturated rings. The van der Waals surface area contributed by atoms with Crippen LogP contribution >= 0.6 is 0 Å². The maximum absolute atomic E-state index is 11.1. The molecular formula is C17H34O4Si. The molecular weight excluding hydrogens is 296 g/mol. The highest BCUT2D eigenvalue weighted by molar-refractivity contribution is 6.71. The van der Waals surface area contributed by atoms with E-state index in [1.54, 1.807) is 6.92 Å². The maximum Gasteiger partial charge on any atom is 0.333 e. The van der Waals surface area contributed by atoms with Gasteiger partial charge < -0.3 is 13.9 Å². The van der Waals surface area contributed by atoms with Gasteiger partial charge in [-0.05, 0) is 38.9 Å². The summed E-state index contributed by atoms with van der Waals surface area (Å²) in [5, 5.41) is 0. The zero-order valence-corrected chi connectivity index (χ0v) is 15.9. The van der Waals surface area contributed by atoms with Crippen LogP contribution in [0.1, 0.15) is 46.0 Å². The lowest BCUT2D eigenvalue weighted by atomic mass is 10.3. The van der Waals surface area contributed by atoms with Gasteiger partial charge in [-0.25, -0.2) is 4.79 Å². The van der Waals surface area contributed by atoms with Gasteiger partial charge in [0.2, 0.25) is 0 Å². The third kappa shape index (κ3) is 13.0. The highest BCUT2D eigenvalue weighted by Gasteiger charge is 2.21. The lowest BCUT2D eigenvalue weighted by Crippen LogP contribution is -2.31. The van der Waals surface area contributed by atoms with E-state index in [4.69, 9.17) is 13.9 Å². The Morgan fingerprint density at radius 3 is 2.32 bits per heavy atom. The van der Waals surface area contributed by atoms with Crippen LogP contribution in [-0.2, 0) is 18.7 Å². The maximum atomic E-state index is 11.1. The smallest absolute Gasteiger partial charge is 0.333 e. The molecule has 0 rings (SSSR count). The van der Waals surface area contributed by atoms with Crippen molar-refractivity contribution in [2.45, 2.75) is 65.1 Å². The number of ether oxygens (including phenoxy) is 2. The van der Waals surface area contributed by atoms with Crippen LogP contribution in [0.25, 0.3) is 0 Å². The van der Waals surface area contributed by atoms with Gasteiger partial charge in [-0.3, -0.25) is 0 Å². The molecule has 0 N–H and O–H groups in total. The molecule has 0 spiro atoms. The Bertz CT molecular complexity index is 316. The first kappa shape index (κ1) is 21.3. The first-order chi connectivity index (χ1) is 10.4. The van der Waals surface area contributed by atoms with Crippen molar-refractivity contribution in [2.75, 3.05) is 26.4 Å². The minimum Gasteiger partial charge on any atom is -0.462 e. The lowest BCUT2D eigenvalue weighted by Gasteiger charge is -2.22. The van der Waals surface area contributed by atoms with Crippen LogP contribution in [-0.4, -0.2) is 40.7 Å². The number of hydrogen-bond acceptors (Lipinski definition) is 4. The molecule has 0 unspecified atom stereocenters. The van der Waals surface area contributed by atoms with Crippen molar-refractivity contribution in [3.05, 3.63) is 12.2 Å². The van der Waals surface area contributed by atoms with E-state index in [2.05, 4.69) is 26.6 Å². The van der Waals surface area contributed by atoms with Crippen molar-refractivity contribution in [1.82, 2.24) is 0 Å². The van der Waals surface area contributed by atoms with Gasteiger partial charge in [0.05, 0.1) is 6.61 Å². The van der Waals surface area contributed by atoms with E-state index in [1.807, 2.05) is 0 Å². The minimum absolute atomic E-state index is 0.326. The molecule has 130 valence electrons. The zero-order valence-electron chi connectivity index (χ0n) is 14.9. The number of unbranched alkanes of at least 4 members (excludes halogenated alkanes) is 2. The standard InChI is InChI=1S/C17H34O4Si/c1-6-7-8-14-21-22(4,5)15-10-12-19-11-9-13-20-17(18)16(2)3/h2,6-15H2,1,3-5H3. The summed E-state index contributed by atoms with van der Waals surface area (Å²) in [4.78, 5) is 11.1. The number of carbonyl (C=O) groups is 1. The molecule has 0 aliphatic carbocycles. The first-order valence-corrected chi connectivity index (χ1v) is 11.5. The van der Waals surface area contributed by atoms with Gasteiger partial charge in [-0.1, -0.05) is 26.3 Å². The van der Waals surface area contributed by atoms with Crippen molar-refractivity contribution in [2.24, 2.45) is 0 Å². The normalized spacial score (nSPS) is 11.5. The first-order valence-electron chi connectivity index (χ1n) is 8.43. The molecule has 0 amide bonds. The van der Waals surface area contributed by atoms with Gasteiger partial charge in [0.15, 0.2) is 8.32 Å². The molecule has 4 nitrogen and oxygen atoms in total. The van der Waals surface area contributed by atoms with Gasteiger partial charge in [-0.15, -0.1) is 0 Å². The van der Waals surface area contributed by atoms with Gasteiger partial charge in [0.1, 0.15) is 0 Å². The molecule has 0 aliphatic heterocycles. The SMILES string of the molecule is C=C(C)C(=O)OCCCOCCC[Si](C)(C)OCCCCC. The van der Waals surface area contributed by atoms with Crippen LogP contribution in [0.5, 0.6) is 0 Å². The van der Waals surface area contributed by atoms with Crippen LogP contribution in [0, 0.1) is 0 Å². The Labute approximate surface area is 137 Å². The Morgan fingerprint density at radius 1 is 1.00 bits per heavy atom. The fourth-order valence-electron chi connectivity index (χ4n) is 1.92. The molecule has 0 aromatic rings. The molecule has 22 heavy (non-hydrogen) atoms. The summed E-state index contributed by atoms with van der Waals surface area (Å²) in [6.45, 7) is 14.6. The predicted molar refractivity (Wildman–Crippen MR) is 93.6 cm³/mol. The molecule has 0 bridgehead atoms. The second-order valence-corrected chi connectivity index (χ2v) is 10.6. The van der Waals surface area contributed by atoms with Crippen LogP contribution in [0.3, 0.4) is 0 Å². The molecule has 0 radical (unpaired) electrons. The molecule has 0 aromatic carbocycles. The summed E-state index contributed by atoms with van der Waals surface area (Å²) in [5.41, 5.74) is 0.437. The average Bonchev–Trinajstić information content (AvgIpc) is 2.46. The lowest BCUT2D eigenvalue weighted by molar-refractivity contribution is -0.139. The number of hydrogen-bond donors (Lipinski definition) is 0. The molecule has 0 heterocycles. The van der Waals surface area contributed by atoms with E-state index in [9.17, 15) is 4.79 Å². The minimum atomic E-state index is -1.52. The van der Waals surface area contributed by atoms with Crippen molar-refractivity contribution in [3.63, 3.8) is 0 Å². The molecule has 0 atom stereocenters. The third-order valence-corrected chi connectivity index (χ3v) is 5.87. The van der Waals surface area contributed by atoms with Crippen LogP contribution < -0.4 is 0 Å². The number of carbonyl (C=O) groups excluding carboxylic acids is 1. The highest BCUT2D eigenvalue weighted by atomic mass is 28.4. The molecule has 0 aliphatic rings. The van der Waals surface area contributed by atoms with E-state index in [1.165, 1.54) is 19.3 Å². The average molecular weight is 331 g/mol. The number of rotatable bonds is 14. The van der Waals surface area contributed by atoms with E-state index in [-0.39, 0.29) is 5.97 Å². The van der Waals surface area contributed by atoms with Gasteiger partial charge in [0, 0.05) is 31.8 Å². The second-order valence-electron chi connectivity index (χ2n) is 6.30. The van der Waals surface area contributed by atoms with Crippen LogP contribution in [0.2, 0.25) is 19.1 Å². The Kier molecular flexibility index (Phi) is 12.5. The van der Waals surface area contributed by atoms with Gasteiger partial charge in [0.25, 0.3) is 0 Å². The van der Waals surface area contributed by atoms with Crippen molar-refractivity contribution < 1.29 is 18.7 Å². The Balaban J connectivity index is 3.44. The molecule has 0 aromatic heterocycles. The summed E-state index contributed by atoms with van der Waals surface area (Å²) >= 11 is 0. The molecule has 0 saturated carbocycles. The Morgan fingerprint density at radius 2 is 1.68 bits per heavy atom. The predicted octanol–water partition coefficient (Wildman–Crippen LogP) is 4.31. The van der Waals surface area contributed by atoms with Crippen molar-refractivity contribution in [1.29, 1.82) is 0 Å². The van der Waals surface area contributed by atoms with Gasteiger partial charge in [-0.2, -0.15) is 0 Å². The topological polar surface area (TPSA) is 44.8 Å². The van der Waals surface area contributed by atoms with Crippen molar-refractivity contribution in [3.8, 4) is 0 Å². The molecule has 0 saturated heterocycles. The van der Waals surface area contributed by atoms with E-state index in [0.717, 1.165) is 32.1 Å². The van der Waals surface area contributed by atoms with E-state index >= 15 is 0 Å². The quantitative estimate of drug-likeness (QED) is 0.206. The van der Waals surface area contributed by atoms with E-state index in [0.29, 0.717) is 18.8 Å². The summed E-state index contributed by atoms with van der Waals surface area (Å²) in [6.07, 6.45) is 5.43. The molecule has 5 heteroatoms. The number of esters is 1. The summed E-state index contributed by atoms with van der Waals surface area (Å²) in [7, 11) is -1.52. The Hall–Kier alpha value is -0.653. The fourth-order valence-corrected chi connectivity index (χ4v) is 3.76. The van der Waals surface area contributed by atoms with Crippen LogP contribution in [0.15, 0.2) is 12.2 Å². The second kappa shape index (κ2) is 12.8. The summed E-state index contributed by atoms with van der Waals surface area (Å²) in [6, 6.07) is 1.13. The monoisotopic (exact) mass is 330 g/mol. The fraction of sp³-hybridized carbons (Fsp3) is 0.824. The van der Waals surface area contributed by atoms with Gasteiger partial charge >= 0.3 is 5.97 Å². The highest BCUT2D eigenvalue weighted by Crippen LogP contribution is 2.14.